The van der Waals surface area contributed by atoms with Gasteiger partial charge in [0, 0.05) is 32.5 Å². The lowest BCUT2D eigenvalue weighted by Gasteiger charge is -2.17. The van der Waals surface area contributed by atoms with Crippen LogP contribution in [0.1, 0.15) is 10.4 Å². The average Bonchev–Trinajstić information content (AvgIpc) is 2.42. The van der Waals surface area contributed by atoms with E-state index in [1.54, 1.807) is 7.05 Å². The van der Waals surface area contributed by atoms with Gasteiger partial charge in [0.25, 0.3) is 11.6 Å². The van der Waals surface area contributed by atoms with Gasteiger partial charge in [0.15, 0.2) is 0 Å². The number of nitro benzene ring substituents is 1. The second kappa shape index (κ2) is 6.66. The van der Waals surface area contributed by atoms with Gasteiger partial charge in [-0.25, -0.2) is 0 Å². The van der Waals surface area contributed by atoms with Gasteiger partial charge in [0.05, 0.1) is 11.5 Å². The van der Waals surface area contributed by atoms with Crippen LogP contribution in [0.25, 0.3) is 0 Å². The molecule has 19 heavy (non-hydrogen) atoms. The number of nitrogens with zero attached hydrogens (tertiary/aromatic N) is 2. The van der Waals surface area contributed by atoms with Gasteiger partial charge in [-0.1, -0.05) is 0 Å². The minimum Gasteiger partial charge on any atom is -0.383 e. The molecule has 0 aliphatic carbocycles. The van der Waals surface area contributed by atoms with E-state index in [4.69, 9.17) is 10.6 Å². The van der Waals surface area contributed by atoms with Crippen LogP contribution in [0.5, 0.6) is 0 Å². The van der Waals surface area contributed by atoms with Crippen LogP contribution in [0.15, 0.2) is 18.2 Å². The van der Waals surface area contributed by atoms with Crippen LogP contribution in [0.3, 0.4) is 0 Å². The number of hydrazine groups is 1. The number of hydrogen-bond donors (Lipinski definition) is 2. The molecule has 104 valence electrons. The SMILES string of the molecule is COCCN(C)C(=O)c1cc(NN)ccc1[N+](=O)[O-]. The third kappa shape index (κ3) is 3.63. The van der Waals surface area contributed by atoms with Crippen LogP contribution < -0.4 is 11.3 Å². The molecule has 0 unspecified atom stereocenters. The normalized spacial score (nSPS) is 10.1. The summed E-state index contributed by atoms with van der Waals surface area (Å²) in [6, 6.07) is 4.03. The number of benzene rings is 1. The maximum atomic E-state index is 12.1. The Kier molecular flexibility index (Phi) is 5.22. The number of carbonyl (C=O) groups is 1. The Balaban J connectivity index is 3.08. The van der Waals surface area contributed by atoms with Gasteiger partial charge in [-0.3, -0.25) is 20.8 Å². The summed E-state index contributed by atoms with van der Waals surface area (Å²) < 4.78 is 4.86. The Labute approximate surface area is 110 Å². The number of amides is 1. The summed E-state index contributed by atoms with van der Waals surface area (Å²) in [4.78, 5) is 23.8. The highest BCUT2D eigenvalue weighted by molar-refractivity contribution is 5.99. The van der Waals surface area contributed by atoms with Crippen molar-refractivity contribution in [3.05, 3.63) is 33.9 Å². The summed E-state index contributed by atoms with van der Waals surface area (Å²) in [5.41, 5.74) is 2.51. The topological polar surface area (TPSA) is 111 Å². The Hall–Kier alpha value is -2.19. The minimum atomic E-state index is -0.600. The summed E-state index contributed by atoms with van der Waals surface area (Å²) in [7, 11) is 3.06. The molecule has 1 aromatic carbocycles. The zero-order chi connectivity index (χ0) is 14.4. The molecule has 0 heterocycles. The number of carbonyl (C=O) groups excluding carboxylic acids is 1. The number of nitro groups is 1. The van der Waals surface area contributed by atoms with Crippen molar-refractivity contribution in [1.82, 2.24) is 4.90 Å². The van der Waals surface area contributed by atoms with E-state index >= 15 is 0 Å². The van der Waals surface area contributed by atoms with Gasteiger partial charge in [0.1, 0.15) is 5.56 Å². The highest BCUT2D eigenvalue weighted by Gasteiger charge is 2.23. The number of anilines is 1. The van der Waals surface area contributed by atoms with Crippen molar-refractivity contribution in [3.8, 4) is 0 Å². The first-order chi connectivity index (χ1) is 9.01. The molecule has 3 N–H and O–H groups in total. The van der Waals surface area contributed by atoms with Crippen LogP contribution >= 0.6 is 0 Å². The first-order valence-corrected chi connectivity index (χ1v) is 5.50. The Bertz CT molecular complexity index is 478. The number of rotatable bonds is 6. The van der Waals surface area contributed by atoms with E-state index in [9.17, 15) is 14.9 Å². The van der Waals surface area contributed by atoms with Crippen molar-refractivity contribution in [2.24, 2.45) is 5.84 Å². The maximum Gasteiger partial charge on any atom is 0.282 e. The van der Waals surface area contributed by atoms with Crippen molar-refractivity contribution < 1.29 is 14.5 Å². The molecular formula is C11H16N4O4. The average molecular weight is 268 g/mol. The van der Waals surface area contributed by atoms with Crippen LogP contribution in [0, 0.1) is 10.1 Å². The molecule has 0 atom stereocenters. The lowest BCUT2D eigenvalue weighted by Crippen LogP contribution is -2.30. The van der Waals surface area contributed by atoms with Crippen molar-refractivity contribution >= 4 is 17.3 Å². The van der Waals surface area contributed by atoms with E-state index in [0.717, 1.165) is 0 Å². The minimum absolute atomic E-state index is 0.0148. The molecule has 0 saturated heterocycles. The maximum absolute atomic E-state index is 12.1. The summed E-state index contributed by atoms with van der Waals surface area (Å²) >= 11 is 0. The number of nitrogens with one attached hydrogen (secondary N) is 1. The quantitative estimate of drug-likeness (QED) is 0.444. The molecular weight excluding hydrogens is 252 g/mol. The van der Waals surface area contributed by atoms with Gasteiger partial charge in [-0.15, -0.1) is 0 Å². The lowest BCUT2D eigenvalue weighted by molar-refractivity contribution is -0.385. The Morgan fingerprint density at radius 2 is 2.26 bits per heavy atom. The van der Waals surface area contributed by atoms with Crippen LogP contribution in [-0.2, 0) is 4.74 Å². The van der Waals surface area contributed by atoms with E-state index in [-0.39, 0.29) is 11.3 Å². The van der Waals surface area contributed by atoms with Crippen molar-refractivity contribution in [2.75, 3.05) is 32.7 Å². The molecule has 1 rings (SSSR count). The smallest absolute Gasteiger partial charge is 0.282 e. The molecule has 0 bridgehead atoms. The molecule has 0 spiro atoms. The number of likely N-dealkylation sites (N-methyl/N-ethyl adjacent to an activating group) is 1. The van der Waals surface area contributed by atoms with E-state index < -0.39 is 10.8 Å². The Morgan fingerprint density at radius 1 is 1.58 bits per heavy atom. The van der Waals surface area contributed by atoms with Crippen molar-refractivity contribution in [3.63, 3.8) is 0 Å². The molecule has 0 aliphatic heterocycles. The first-order valence-electron chi connectivity index (χ1n) is 5.50. The van der Waals surface area contributed by atoms with Gasteiger partial charge < -0.3 is 15.1 Å². The highest BCUT2D eigenvalue weighted by atomic mass is 16.6. The zero-order valence-corrected chi connectivity index (χ0v) is 10.8. The molecule has 0 fully saturated rings. The number of nitrogens with two attached hydrogens (primary N) is 1. The number of hydrogen-bond acceptors (Lipinski definition) is 6. The third-order valence-electron chi connectivity index (χ3n) is 2.57. The lowest BCUT2D eigenvalue weighted by atomic mass is 10.1. The zero-order valence-electron chi connectivity index (χ0n) is 10.8. The van der Waals surface area contributed by atoms with Crippen LogP contribution in [-0.4, -0.2) is 43.0 Å². The van der Waals surface area contributed by atoms with Crippen LogP contribution in [0.2, 0.25) is 0 Å². The fourth-order valence-corrected chi connectivity index (χ4v) is 1.49. The second-order valence-electron chi connectivity index (χ2n) is 3.85. The standard InChI is InChI=1S/C11H16N4O4/c1-14(5-6-19-2)11(16)9-7-8(13-12)3-4-10(9)15(17)18/h3-4,7,13H,5-6,12H2,1-2H3. The molecule has 8 heteroatoms. The molecule has 0 aliphatic rings. The monoisotopic (exact) mass is 268 g/mol. The molecule has 1 aromatic rings. The van der Waals surface area contributed by atoms with E-state index in [1.807, 2.05) is 0 Å². The predicted octanol–water partition coefficient (Wildman–Crippen LogP) is 0.599. The first kappa shape index (κ1) is 14.9. The van der Waals surface area contributed by atoms with E-state index in [0.29, 0.717) is 18.8 Å². The number of methoxy groups -OCH3 is 1. The van der Waals surface area contributed by atoms with E-state index in [1.165, 1.54) is 30.2 Å². The fourth-order valence-electron chi connectivity index (χ4n) is 1.49. The predicted molar refractivity (Wildman–Crippen MR) is 69.7 cm³/mol. The van der Waals surface area contributed by atoms with Gasteiger partial charge >= 0.3 is 0 Å². The largest absolute Gasteiger partial charge is 0.383 e. The van der Waals surface area contributed by atoms with Gasteiger partial charge in [-0.05, 0) is 12.1 Å². The molecule has 8 nitrogen and oxygen atoms in total. The van der Waals surface area contributed by atoms with Gasteiger partial charge in [0.2, 0.25) is 0 Å². The fraction of sp³-hybridized carbons (Fsp3) is 0.364. The molecule has 0 saturated carbocycles. The summed E-state index contributed by atoms with van der Waals surface area (Å²) in [5.74, 6) is 4.78. The summed E-state index contributed by atoms with van der Waals surface area (Å²) in [5, 5.41) is 10.9. The number of nitrogen functional groups attached to an aromatic ring is 1. The Morgan fingerprint density at radius 3 is 2.79 bits per heavy atom. The van der Waals surface area contributed by atoms with Crippen molar-refractivity contribution in [1.29, 1.82) is 0 Å². The third-order valence-corrected chi connectivity index (χ3v) is 2.57. The van der Waals surface area contributed by atoms with Crippen molar-refractivity contribution in [2.45, 2.75) is 0 Å². The van der Waals surface area contributed by atoms with E-state index in [2.05, 4.69) is 5.43 Å². The molecule has 0 aromatic heterocycles. The highest BCUT2D eigenvalue weighted by Crippen LogP contribution is 2.23. The number of ether oxygens (including phenoxy) is 1. The molecule has 1 amide bonds. The van der Waals surface area contributed by atoms with Crippen LogP contribution in [0.4, 0.5) is 11.4 Å². The van der Waals surface area contributed by atoms with Gasteiger partial charge in [-0.2, -0.15) is 0 Å². The molecule has 0 radical (unpaired) electrons. The second-order valence-corrected chi connectivity index (χ2v) is 3.85. The summed E-state index contributed by atoms with van der Waals surface area (Å²) in [6.45, 7) is 0.692. The summed E-state index contributed by atoms with van der Waals surface area (Å²) in [6.07, 6.45) is 0.